The molecule has 0 spiro atoms. The summed E-state index contributed by atoms with van der Waals surface area (Å²) in [4.78, 5) is 12.8. The Labute approximate surface area is 289 Å². The van der Waals surface area contributed by atoms with Crippen molar-refractivity contribution < 1.29 is 36.7 Å². The van der Waals surface area contributed by atoms with Crippen LogP contribution in [0.4, 0.5) is 4.79 Å². The summed E-state index contributed by atoms with van der Waals surface area (Å²) < 4.78 is 43.0. The van der Waals surface area contributed by atoms with Gasteiger partial charge in [-0.2, -0.15) is 0 Å². The summed E-state index contributed by atoms with van der Waals surface area (Å²) in [5, 5.41) is 1.91. The average Bonchev–Trinajstić information content (AvgIpc) is 3.17. The molecule has 0 aliphatic heterocycles. The Hall–Kier alpha value is -4.55. The Morgan fingerprint density at radius 3 is 1.45 bits per heavy atom. The van der Waals surface area contributed by atoms with Gasteiger partial charge in [0.2, 0.25) is 0 Å². The van der Waals surface area contributed by atoms with Crippen molar-refractivity contribution in [3.63, 3.8) is 0 Å². The molecule has 0 N–H and O–H groups in total. The van der Waals surface area contributed by atoms with Crippen molar-refractivity contribution in [2.75, 3.05) is 21.3 Å². The molecule has 0 fully saturated rings. The minimum atomic E-state index is -2.06. The van der Waals surface area contributed by atoms with E-state index in [0.29, 0.717) is 45.3 Å². The fourth-order valence-electron chi connectivity index (χ4n) is 6.12. The number of aryl methyl sites for hydroxylation is 4. The molecule has 49 heavy (non-hydrogen) atoms. The monoisotopic (exact) mass is 686 g/mol. The Bertz CT molecular complexity index is 2040. The van der Waals surface area contributed by atoms with E-state index < -0.39 is 25.2 Å². The van der Waals surface area contributed by atoms with E-state index in [4.69, 9.17) is 31.9 Å². The zero-order valence-corrected chi connectivity index (χ0v) is 31.7. The Kier molecular flexibility index (Phi) is 9.77. The highest BCUT2D eigenvalue weighted by Gasteiger charge is 2.31. The van der Waals surface area contributed by atoms with E-state index in [9.17, 15) is 4.79 Å². The van der Waals surface area contributed by atoms with Crippen LogP contribution in [0.2, 0.25) is 0 Å². The number of carbonyl (C=O) groups is 1. The van der Waals surface area contributed by atoms with E-state index in [1.54, 1.807) is 14.2 Å². The van der Waals surface area contributed by atoms with Crippen LogP contribution < -0.4 is 18.7 Å². The molecular formula is C40H47O8P. The molecule has 8 nitrogen and oxygen atoms in total. The molecule has 5 rings (SSSR count). The van der Waals surface area contributed by atoms with E-state index in [-0.39, 0.29) is 0 Å². The standard InChI is InChI=1S/C40H47O8P/c1-22-14-24(3)34-28(16-22)29-17-23(2)15-25(4)35(29)47-49(46-34)48-37-31(19-27(43-12)21-33(37)40(8,9)10)30-18-26(42-11)20-32(39(5,6)7)36(30)45-38(41)44-13/h14-21H,1-13H3. The van der Waals surface area contributed by atoms with Gasteiger partial charge in [0.15, 0.2) is 0 Å². The molecule has 9 heteroatoms. The van der Waals surface area contributed by atoms with Crippen LogP contribution >= 0.6 is 8.24 Å². The second kappa shape index (κ2) is 13.4. The molecule has 1 heterocycles. The Balaban J connectivity index is 1.94. The molecule has 0 aliphatic rings. The molecule has 1 aromatic heterocycles. The number of hydrogen-bond donors (Lipinski definition) is 0. The van der Waals surface area contributed by atoms with E-state index in [0.717, 1.165) is 44.2 Å². The first-order chi connectivity index (χ1) is 22.9. The SMILES string of the molecule is COC(=O)Oc1c(-c2cc(OC)cc(C(C)(C)C)c2Op2oc3c(C)cc(C)cc3c3cc(C)cc(C)c3o2)cc(OC)cc1C(C)(C)C. The normalized spacial score (nSPS) is 11.9. The maximum atomic E-state index is 12.8. The molecule has 260 valence electrons. The number of ether oxygens (including phenoxy) is 4. The van der Waals surface area contributed by atoms with Crippen molar-refractivity contribution in [3.8, 4) is 34.1 Å². The minimum Gasteiger partial charge on any atom is -0.497 e. The van der Waals surface area contributed by atoms with Gasteiger partial charge in [-0.3, -0.25) is 0 Å². The number of carbonyl (C=O) groups excluding carboxylic acids is 1. The van der Waals surface area contributed by atoms with Crippen LogP contribution in [-0.2, 0) is 15.6 Å². The molecule has 0 saturated carbocycles. The van der Waals surface area contributed by atoms with Crippen LogP contribution in [0.25, 0.3) is 33.1 Å². The highest BCUT2D eigenvalue weighted by atomic mass is 31.1. The summed E-state index contributed by atoms with van der Waals surface area (Å²) in [6.07, 6.45) is -0.845. The van der Waals surface area contributed by atoms with E-state index in [1.165, 1.54) is 7.11 Å². The summed E-state index contributed by atoms with van der Waals surface area (Å²) in [5.74, 6) is 2.00. The number of hydrogen-bond acceptors (Lipinski definition) is 8. The summed E-state index contributed by atoms with van der Waals surface area (Å²) in [7, 11) is 2.45. The summed E-state index contributed by atoms with van der Waals surface area (Å²) in [5.41, 5.74) is 7.47. The highest BCUT2D eigenvalue weighted by Crippen LogP contribution is 2.52. The molecule has 0 unspecified atom stereocenters. The van der Waals surface area contributed by atoms with Crippen molar-refractivity contribution in [1.82, 2.24) is 0 Å². The number of methoxy groups -OCH3 is 3. The smallest absolute Gasteiger partial charge is 0.497 e. The molecule has 4 aromatic carbocycles. The van der Waals surface area contributed by atoms with Crippen molar-refractivity contribution in [2.45, 2.75) is 80.1 Å². The largest absolute Gasteiger partial charge is 0.513 e. The average molecular weight is 687 g/mol. The lowest BCUT2D eigenvalue weighted by molar-refractivity contribution is 0.121. The third kappa shape index (κ3) is 7.25. The van der Waals surface area contributed by atoms with E-state index >= 15 is 0 Å². The lowest BCUT2D eigenvalue weighted by atomic mass is 9.81. The van der Waals surface area contributed by atoms with Crippen molar-refractivity contribution in [1.29, 1.82) is 0 Å². The molecule has 0 atom stereocenters. The van der Waals surface area contributed by atoms with Gasteiger partial charge in [-0.05, 0) is 97.2 Å². The highest BCUT2D eigenvalue weighted by molar-refractivity contribution is 7.32. The third-order valence-corrected chi connectivity index (χ3v) is 9.48. The summed E-state index contributed by atoms with van der Waals surface area (Å²) >= 11 is 0. The van der Waals surface area contributed by atoms with Crippen molar-refractivity contribution in [3.05, 3.63) is 81.9 Å². The lowest BCUT2D eigenvalue weighted by Gasteiger charge is -2.28. The van der Waals surface area contributed by atoms with Gasteiger partial charge in [0.25, 0.3) is 0 Å². The van der Waals surface area contributed by atoms with E-state index in [2.05, 4.69) is 58.9 Å². The van der Waals surface area contributed by atoms with Gasteiger partial charge in [-0.1, -0.05) is 53.7 Å². The van der Waals surface area contributed by atoms with Crippen molar-refractivity contribution >= 4 is 36.3 Å². The lowest BCUT2D eigenvalue weighted by Crippen LogP contribution is -2.18. The molecule has 5 aromatic rings. The molecule has 0 aliphatic carbocycles. The predicted octanol–water partition coefficient (Wildman–Crippen LogP) is 11.8. The molecule has 0 saturated heterocycles. The quantitative estimate of drug-likeness (QED) is 0.129. The van der Waals surface area contributed by atoms with Gasteiger partial charge >= 0.3 is 14.4 Å². The zero-order valence-electron chi connectivity index (χ0n) is 30.8. The number of rotatable bonds is 6. The molecule has 0 amide bonds. The summed E-state index contributed by atoms with van der Waals surface area (Å²) in [6, 6.07) is 16.0. The first-order valence-electron chi connectivity index (χ1n) is 16.2. The van der Waals surface area contributed by atoms with Gasteiger partial charge in [0.05, 0.1) is 21.3 Å². The first kappa shape index (κ1) is 35.7. The zero-order chi connectivity index (χ0) is 36.0. The second-order valence-corrected chi connectivity index (χ2v) is 15.6. The van der Waals surface area contributed by atoms with Crippen LogP contribution in [-0.4, -0.2) is 27.5 Å². The first-order valence-corrected chi connectivity index (χ1v) is 17.3. The van der Waals surface area contributed by atoms with Gasteiger partial charge < -0.3 is 31.9 Å². The van der Waals surface area contributed by atoms with E-state index in [1.807, 2.05) is 58.9 Å². The van der Waals surface area contributed by atoms with Crippen LogP contribution in [0.1, 0.15) is 74.9 Å². The Morgan fingerprint density at radius 1 is 0.612 bits per heavy atom. The van der Waals surface area contributed by atoms with Crippen LogP contribution in [0.3, 0.4) is 0 Å². The summed E-state index contributed by atoms with van der Waals surface area (Å²) in [6.45, 7) is 20.6. The maximum Gasteiger partial charge on any atom is 0.513 e. The van der Waals surface area contributed by atoms with Gasteiger partial charge in [-0.15, -0.1) is 0 Å². The van der Waals surface area contributed by atoms with Crippen LogP contribution in [0.5, 0.6) is 23.0 Å². The fourth-order valence-corrected chi connectivity index (χ4v) is 7.36. The fraction of sp³-hybridized carbons (Fsp3) is 0.375. The van der Waals surface area contributed by atoms with Gasteiger partial charge in [-0.25, -0.2) is 4.79 Å². The molecule has 0 bridgehead atoms. The number of benzene rings is 4. The van der Waals surface area contributed by atoms with Crippen LogP contribution in [0, 0.1) is 27.7 Å². The van der Waals surface area contributed by atoms with Crippen molar-refractivity contribution in [2.24, 2.45) is 0 Å². The Morgan fingerprint density at radius 2 is 1.04 bits per heavy atom. The van der Waals surface area contributed by atoms with Gasteiger partial charge in [0.1, 0.15) is 34.2 Å². The molecule has 0 radical (unpaired) electrons. The third-order valence-electron chi connectivity index (χ3n) is 8.48. The predicted molar refractivity (Wildman–Crippen MR) is 197 cm³/mol. The number of fused-ring (bicyclic) bond motifs is 3. The second-order valence-electron chi connectivity index (χ2n) is 14.6. The maximum absolute atomic E-state index is 12.8. The molecular weight excluding hydrogens is 639 g/mol. The minimum absolute atomic E-state index is 0.321. The van der Waals surface area contributed by atoms with Gasteiger partial charge in [0, 0.05) is 33.0 Å². The van der Waals surface area contributed by atoms with Crippen LogP contribution in [0.15, 0.2) is 56.9 Å². The topological polar surface area (TPSA) is 89.5 Å².